The summed E-state index contributed by atoms with van der Waals surface area (Å²) in [6, 6.07) is 9.09. The zero-order valence-corrected chi connectivity index (χ0v) is 12.3. The van der Waals surface area contributed by atoms with Crippen molar-refractivity contribution in [3.63, 3.8) is 0 Å². The molecular formula is C16H18ClNO3. The van der Waals surface area contributed by atoms with E-state index in [0.717, 1.165) is 5.56 Å². The van der Waals surface area contributed by atoms with Gasteiger partial charge in [0.15, 0.2) is 0 Å². The fourth-order valence-electron chi connectivity index (χ4n) is 1.85. The molecule has 0 aliphatic heterocycles. The summed E-state index contributed by atoms with van der Waals surface area (Å²) in [5.41, 5.74) is 1.01. The first-order valence-corrected chi connectivity index (χ1v) is 7.03. The van der Waals surface area contributed by atoms with Crippen LogP contribution in [0.1, 0.15) is 17.4 Å². The van der Waals surface area contributed by atoms with Crippen LogP contribution < -0.4 is 10.1 Å². The van der Waals surface area contributed by atoms with Crippen LogP contribution in [0.3, 0.4) is 0 Å². The lowest BCUT2D eigenvalue weighted by molar-refractivity contribution is 0.147. The van der Waals surface area contributed by atoms with Crippen LogP contribution in [0.4, 0.5) is 0 Å². The lowest BCUT2D eigenvalue weighted by atomic mass is 10.2. The van der Waals surface area contributed by atoms with Crippen LogP contribution >= 0.6 is 11.6 Å². The van der Waals surface area contributed by atoms with Gasteiger partial charge in [-0.25, -0.2) is 0 Å². The molecule has 0 spiro atoms. The first-order chi connectivity index (χ1) is 10.2. The third-order valence-corrected chi connectivity index (χ3v) is 3.19. The highest BCUT2D eigenvalue weighted by molar-refractivity contribution is 6.32. The van der Waals surface area contributed by atoms with Crippen LogP contribution in [0.15, 0.2) is 53.7 Å². The number of hydrogen-bond acceptors (Lipinski definition) is 4. The quantitative estimate of drug-likeness (QED) is 0.735. The molecule has 1 aromatic carbocycles. The zero-order chi connectivity index (χ0) is 15.1. The molecule has 0 aliphatic carbocycles. The average molecular weight is 308 g/mol. The SMILES string of the molecule is C=CCOc1ccc(CNCC(O)c2ccco2)cc1Cl. The molecule has 0 amide bonds. The second-order valence-electron chi connectivity index (χ2n) is 4.53. The number of hydrogen-bond donors (Lipinski definition) is 2. The van der Waals surface area contributed by atoms with Gasteiger partial charge in [0.1, 0.15) is 24.2 Å². The molecule has 0 saturated carbocycles. The van der Waals surface area contributed by atoms with Crippen molar-refractivity contribution in [3.05, 3.63) is 65.6 Å². The van der Waals surface area contributed by atoms with Crippen LogP contribution in [0.2, 0.25) is 5.02 Å². The maximum atomic E-state index is 9.87. The third kappa shape index (κ3) is 4.63. The Bertz CT molecular complexity index is 569. The largest absolute Gasteiger partial charge is 0.488 e. The first kappa shape index (κ1) is 15.6. The predicted molar refractivity (Wildman–Crippen MR) is 82.5 cm³/mol. The average Bonchev–Trinajstić information content (AvgIpc) is 3.00. The topological polar surface area (TPSA) is 54.6 Å². The van der Waals surface area contributed by atoms with Gasteiger partial charge in [-0.15, -0.1) is 0 Å². The maximum Gasteiger partial charge on any atom is 0.138 e. The Hall–Kier alpha value is -1.75. The van der Waals surface area contributed by atoms with Crippen LogP contribution in [0.25, 0.3) is 0 Å². The predicted octanol–water partition coefficient (Wildman–Crippen LogP) is 3.32. The molecule has 0 bridgehead atoms. The van der Waals surface area contributed by atoms with E-state index in [1.54, 1.807) is 24.5 Å². The Morgan fingerprint density at radius 2 is 2.29 bits per heavy atom. The summed E-state index contributed by atoms with van der Waals surface area (Å²) in [5.74, 6) is 1.18. The Balaban J connectivity index is 1.83. The molecule has 0 fully saturated rings. The molecule has 1 unspecified atom stereocenters. The van der Waals surface area contributed by atoms with Crippen LogP contribution in [0.5, 0.6) is 5.75 Å². The summed E-state index contributed by atoms with van der Waals surface area (Å²) in [6.07, 6.45) is 2.55. The fourth-order valence-corrected chi connectivity index (χ4v) is 2.11. The summed E-state index contributed by atoms with van der Waals surface area (Å²) in [4.78, 5) is 0. The summed E-state index contributed by atoms with van der Waals surface area (Å²) < 4.78 is 10.5. The third-order valence-electron chi connectivity index (χ3n) is 2.89. The van der Waals surface area contributed by atoms with Crippen molar-refractivity contribution in [1.29, 1.82) is 0 Å². The Morgan fingerprint density at radius 3 is 2.95 bits per heavy atom. The van der Waals surface area contributed by atoms with Crippen LogP contribution in [-0.2, 0) is 6.54 Å². The molecule has 2 rings (SSSR count). The minimum atomic E-state index is -0.661. The Morgan fingerprint density at radius 1 is 1.43 bits per heavy atom. The fraction of sp³-hybridized carbons (Fsp3) is 0.250. The highest BCUT2D eigenvalue weighted by Crippen LogP contribution is 2.25. The van der Waals surface area contributed by atoms with Gasteiger partial charge in [0.2, 0.25) is 0 Å². The number of rotatable bonds is 8. The van der Waals surface area contributed by atoms with Gasteiger partial charge < -0.3 is 19.6 Å². The van der Waals surface area contributed by atoms with E-state index < -0.39 is 6.10 Å². The van der Waals surface area contributed by atoms with Gasteiger partial charge in [-0.05, 0) is 29.8 Å². The molecule has 1 aromatic heterocycles. The van der Waals surface area contributed by atoms with Gasteiger partial charge in [0.05, 0.1) is 11.3 Å². The number of aliphatic hydroxyl groups excluding tert-OH is 1. The summed E-state index contributed by atoms with van der Waals surface area (Å²) in [5, 5.41) is 13.6. The molecule has 5 heteroatoms. The van der Waals surface area contributed by atoms with Gasteiger partial charge in [-0.1, -0.05) is 30.3 Å². The molecule has 0 radical (unpaired) electrons. The second-order valence-corrected chi connectivity index (χ2v) is 4.93. The Labute approximate surface area is 129 Å². The number of aliphatic hydroxyl groups is 1. The number of ether oxygens (including phenoxy) is 1. The summed E-state index contributed by atoms with van der Waals surface area (Å²) in [6.45, 7) is 5.01. The highest BCUT2D eigenvalue weighted by Gasteiger charge is 2.09. The molecule has 1 heterocycles. The van der Waals surface area contributed by atoms with E-state index in [9.17, 15) is 5.11 Å². The van der Waals surface area contributed by atoms with Crippen molar-refractivity contribution in [2.45, 2.75) is 12.6 Å². The standard InChI is InChI=1S/C16H18ClNO3/c1-2-7-20-15-6-5-12(9-13(15)17)10-18-11-14(19)16-4-3-8-21-16/h2-6,8-9,14,18-19H,1,7,10-11H2. The van der Waals surface area contributed by atoms with Gasteiger partial charge >= 0.3 is 0 Å². The Kier molecular flexibility index (Phi) is 5.87. The first-order valence-electron chi connectivity index (χ1n) is 6.65. The van der Waals surface area contributed by atoms with E-state index in [2.05, 4.69) is 11.9 Å². The van der Waals surface area contributed by atoms with E-state index in [0.29, 0.717) is 36.2 Å². The van der Waals surface area contributed by atoms with Gasteiger partial charge in [0.25, 0.3) is 0 Å². The number of nitrogens with one attached hydrogen (secondary N) is 1. The number of furan rings is 1. The number of benzene rings is 1. The molecule has 112 valence electrons. The van der Waals surface area contributed by atoms with E-state index in [-0.39, 0.29) is 0 Å². The van der Waals surface area contributed by atoms with Crippen molar-refractivity contribution in [2.24, 2.45) is 0 Å². The van der Waals surface area contributed by atoms with Crippen molar-refractivity contribution in [2.75, 3.05) is 13.2 Å². The molecule has 0 aliphatic rings. The summed E-state index contributed by atoms with van der Waals surface area (Å²) >= 11 is 6.14. The van der Waals surface area contributed by atoms with Crippen molar-refractivity contribution in [3.8, 4) is 5.75 Å². The molecular weight excluding hydrogens is 290 g/mol. The van der Waals surface area contributed by atoms with Gasteiger partial charge in [-0.2, -0.15) is 0 Å². The van der Waals surface area contributed by atoms with Crippen LogP contribution in [0, 0.1) is 0 Å². The lowest BCUT2D eigenvalue weighted by Crippen LogP contribution is -2.20. The molecule has 0 saturated heterocycles. The van der Waals surface area contributed by atoms with Crippen molar-refractivity contribution in [1.82, 2.24) is 5.32 Å². The second kappa shape index (κ2) is 7.88. The van der Waals surface area contributed by atoms with E-state index in [1.807, 2.05) is 18.2 Å². The molecule has 21 heavy (non-hydrogen) atoms. The maximum absolute atomic E-state index is 9.87. The molecule has 2 aromatic rings. The molecule has 4 nitrogen and oxygen atoms in total. The minimum Gasteiger partial charge on any atom is -0.488 e. The van der Waals surface area contributed by atoms with Crippen LogP contribution in [-0.4, -0.2) is 18.3 Å². The van der Waals surface area contributed by atoms with Gasteiger partial charge in [-0.3, -0.25) is 0 Å². The lowest BCUT2D eigenvalue weighted by Gasteiger charge is -2.11. The molecule has 1 atom stereocenters. The van der Waals surface area contributed by atoms with Crippen molar-refractivity contribution < 1.29 is 14.3 Å². The highest BCUT2D eigenvalue weighted by atomic mass is 35.5. The van der Waals surface area contributed by atoms with E-state index >= 15 is 0 Å². The van der Waals surface area contributed by atoms with E-state index in [4.69, 9.17) is 20.8 Å². The van der Waals surface area contributed by atoms with Gasteiger partial charge in [0, 0.05) is 13.1 Å². The molecule has 2 N–H and O–H groups in total. The monoisotopic (exact) mass is 307 g/mol. The number of halogens is 1. The normalized spacial score (nSPS) is 12.1. The smallest absolute Gasteiger partial charge is 0.138 e. The zero-order valence-electron chi connectivity index (χ0n) is 11.6. The minimum absolute atomic E-state index is 0.403. The van der Waals surface area contributed by atoms with Crippen molar-refractivity contribution >= 4 is 11.6 Å². The van der Waals surface area contributed by atoms with E-state index in [1.165, 1.54) is 0 Å². The summed E-state index contributed by atoms with van der Waals surface area (Å²) in [7, 11) is 0.